The molecule has 4 rings (SSSR count). The van der Waals surface area contributed by atoms with Gasteiger partial charge in [0.2, 0.25) is 0 Å². The van der Waals surface area contributed by atoms with Gasteiger partial charge in [0.1, 0.15) is 0 Å². The number of amides is 1. The minimum Gasteiger partial charge on any atom is -0.322 e. The summed E-state index contributed by atoms with van der Waals surface area (Å²) in [6, 6.07) is 21.4. The average Bonchev–Trinajstić information content (AvgIpc) is 2.79. The Balaban J connectivity index is 1.44. The van der Waals surface area contributed by atoms with E-state index in [1.54, 1.807) is 7.11 Å². The van der Waals surface area contributed by atoms with Crippen LogP contribution in [0.25, 0.3) is 17.2 Å². The van der Waals surface area contributed by atoms with Gasteiger partial charge in [-0.15, -0.1) is 0 Å². The molecule has 4 nitrogen and oxygen atoms in total. The number of nitrogens with one attached hydrogen (secondary N) is 1. The lowest BCUT2D eigenvalue weighted by atomic mass is 9.91. The highest BCUT2D eigenvalue weighted by molar-refractivity contribution is 6.30. The molecule has 0 aliphatic heterocycles. The predicted molar refractivity (Wildman–Crippen MR) is 127 cm³/mol. The molecule has 0 saturated carbocycles. The van der Waals surface area contributed by atoms with Crippen molar-refractivity contribution in [3.63, 3.8) is 0 Å². The Hall–Kier alpha value is -2.92. The molecule has 1 amide bonds. The maximum Gasteiger partial charge on any atom is 0.255 e. The van der Waals surface area contributed by atoms with Gasteiger partial charge in [-0.3, -0.25) is 4.79 Å². The molecule has 0 atom stereocenters. The molecule has 1 N–H and O–H groups in total. The van der Waals surface area contributed by atoms with Crippen LogP contribution in [0.1, 0.15) is 27.9 Å². The molecule has 0 heterocycles. The van der Waals surface area contributed by atoms with Crippen molar-refractivity contribution >= 4 is 29.3 Å². The quantitative estimate of drug-likeness (QED) is 0.480. The third-order valence-electron chi connectivity index (χ3n) is 5.54. The standard InChI is InChI=1S/C26H25ClN2O2/c1-29(31-2)17-18-3-4-23-16-25(14-11-22(23)15-18)28-26(30)21-7-5-19(6-8-21)20-9-12-24(27)13-10-20/h5-16H,3-4,17H2,1-2H3,(H,28,30). The summed E-state index contributed by atoms with van der Waals surface area (Å²) >= 11 is 5.96. The third-order valence-corrected chi connectivity index (χ3v) is 5.79. The van der Waals surface area contributed by atoms with E-state index in [-0.39, 0.29) is 5.91 Å². The van der Waals surface area contributed by atoms with E-state index in [4.69, 9.17) is 16.4 Å². The van der Waals surface area contributed by atoms with Crippen LogP contribution in [0.2, 0.25) is 5.02 Å². The van der Waals surface area contributed by atoms with Crippen molar-refractivity contribution in [3.8, 4) is 11.1 Å². The van der Waals surface area contributed by atoms with Crippen molar-refractivity contribution in [2.24, 2.45) is 0 Å². The summed E-state index contributed by atoms with van der Waals surface area (Å²) in [4.78, 5) is 17.9. The smallest absolute Gasteiger partial charge is 0.255 e. The van der Waals surface area contributed by atoms with Crippen LogP contribution < -0.4 is 5.32 Å². The Labute approximate surface area is 188 Å². The lowest BCUT2D eigenvalue weighted by Gasteiger charge is -2.21. The van der Waals surface area contributed by atoms with Gasteiger partial charge in [0, 0.05) is 29.9 Å². The minimum atomic E-state index is -0.114. The topological polar surface area (TPSA) is 41.6 Å². The summed E-state index contributed by atoms with van der Waals surface area (Å²) in [5.41, 5.74) is 7.35. The van der Waals surface area contributed by atoms with E-state index in [2.05, 4.69) is 23.5 Å². The summed E-state index contributed by atoms with van der Waals surface area (Å²) in [7, 11) is 3.61. The number of likely N-dealkylation sites (N-methyl/N-ethyl adjacent to an activating group) is 1. The molecule has 1 aliphatic carbocycles. The number of hydrogen-bond donors (Lipinski definition) is 1. The Bertz CT molecular complexity index is 1110. The molecule has 0 unspecified atom stereocenters. The highest BCUT2D eigenvalue weighted by Crippen LogP contribution is 2.27. The van der Waals surface area contributed by atoms with Crippen LogP contribution in [0.4, 0.5) is 5.69 Å². The van der Waals surface area contributed by atoms with Gasteiger partial charge in [-0.05, 0) is 71.5 Å². The first-order chi connectivity index (χ1) is 15.0. The van der Waals surface area contributed by atoms with Gasteiger partial charge in [-0.1, -0.05) is 53.6 Å². The van der Waals surface area contributed by atoms with Crippen molar-refractivity contribution in [2.45, 2.75) is 12.8 Å². The average molecular weight is 433 g/mol. The van der Waals surface area contributed by atoms with Crippen molar-refractivity contribution in [1.82, 2.24) is 5.06 Å². The first-order valence-electron chi connectivity index (χ1n) is 10.3. The zero-order valence-corrected chi connectivity index (χ0v) is 18.4. The predicted octanol–water partition coefficient (Wildman–Crippen LogP) is 6.08. The number of hydroxylamine groups is 2. The summed E-state index contributed by atoms with van der Waals surface area (Å²) in [6.45, 7) is 0.792. The fourth-order valence-electron chi connectivity index (χ4n) is 3.76. The molecular weight excluding hydrogens is 408 g/mol. The SMILES string of the molecule is CON(C)CC1=Cc2ccc(NC(=O)c3ccc(-c4ccc(Cl)cc4)cc3)cc2CC1. The highest BCUT2D eigenvalue weighted by Gasteiger charge is 2.14. The monoisotopic (exact) mass is 432 g/mol. The number of halogens is 1. The van der Waals surface area contributed by atoms with Gasteiger partial charge in [-0.2, -0.15) is 5.06 Å². The van der Waals surface area contributed by atoms with Crippen LogP contribution >= 0.6 is 11.6 Å². The number of rotatable bonds is 6. The number of nitrogens with zero attached hydrogens (tertiary/aromatic N) is 1. The number of fused-ring (bicyclic) bond motifs is 1. The molecule has 0 saturated heterocycles. The van der Waals surface area contributed by atoms with Gasteiger partial charge in [0.05, 0.1) is 7.11 Å². The van der Waals surface area contributed by atoms with Gasteiger partial charge in [0.15, 0.2) is 0 Å². The fraction of sp³-hybridized carbons (Fsp3) is 0.192. The molecule has 3 aromatic carbocycles. The maximum atomic E-state index is 12.7. The lowest BCUT2D eigenvalue weighted by molar-refractivity contribution is -0.101. The Morgan fingerprint density at radius 2 is 1.68 bits per heavy atom. The largest absolute Gasteiger partial charge is 0.322 e. The molecular formula is C26H25ClN2O2. The second-order valence-electron chi connectivity index (χ2n) is 7.72. The fourth-order valence-corrected chi connectivity index (χ4v) is 3.89. The Kier molecular flexibility index (Phi) is 6.52. The zero-order chi connectivity index (χ0) is 21.8. The molecule has 5 heteroatoms. The second kappa shape index (κ2) is 9.48. The summed E-state index contributed by atoms with van der Waals surface area (Å²) < 4.78 is 0. The maximum absolute atomic E-state index is 12.7. The van der Waals surface area contributed by atoms with Crippen LogP contribution in [0.15, 0.2) is 72.3 Å². The number of anilines is 1. The normalized spacial score (nSPS) is 13.0. The van der Waals surface area contributed by atoms with E-state index in [0.717, 1.165) is 36.2 Å². The first-order valence-corrected chi connectivity index (χ1v) is 10.6. The molecule has 0 fully saturated rings. The van der Waals surface area contributed by atoms with Gasteiger partial charge >= 0.3 is 0 Å². The van der Waals surface area contributed by atoms with Crippen molar-refractivity contribution in [1.29, 1.82) is 0 Å². The van der Waals surface area contributed by atoms with Gasteiger partial charge in [0.25, 0.3) is 5.91 Å². The summed E-state index contributed by atoms with van der Waals surface area (Å²) in [5.74, 6) is -0.114. The van der Waals surface area contributed by atoms with Crippen LogP contribution in [0.3, 0.4) is 0 Å². The van der Waals surface area contributed by atoms with Crippen LogP contribution in [0, 0.1) is 0 Å². The minimum absolute atomic E-state index is 0.114. The van der Waals surface area contributed by atoms with Crippen LogP contribution in [-0.2, 0) is 11.3 Å². The molecule has 0 bridgehead atoms. The Morgan fingerprint density at radius 3 is 2.35 bits per heavy atom. The van der Waals surface area contributed by atoms with Crippen molar-refractivity contribution < 1.29 is 9.63 Å². The molecule has 0 spiro atoms. The molecule has 3 aromatic rings. The highest BCUT2D eigenvalue weighted by atomic mass is 35.5. The Morgan fingerprint density at radius 1 is 1.00 bits per heavy atom. The summed E-state index contributed by atoms with van der Waals surface area (Å²) in [6.07, 6.45) is 4.16. The van der Waals surface area contributed by atoms with E-state index in [1.807, 2.05) is 66.7 Å². The molecule has 31 heavy (non-hydrogen) atoms. The number of carbonyl (C=O) groups excluding carboxylic acids is 1. The molecule has 158 valence electrons. The van der Waals surface area contributed by atoms with Crippen molar-refractivity contribution in [3.05, 3.63) is 94.0 Å². The third kappa shape index (κ3) is 5.23. The number of carbonyl (C=O) groups is 1. The van der Waals surface area contributed by atoms with E-state index < -0.39 is 0 Å². The van der Waals surface area contributed by atoms with Crippen LogP contribution in [0.5, 0.6) is 0 Å². The van der Waals surface area contributed by atoms with Gasteiger partial charge in [-0.25, -0.2) is 0 Å². The molecule has 1 aliphatic rings. The van der Waals surface area contributed by atoms with E-state index in [1.165, 1.54) is 16.7 Å². The molecule has 0 radical (unpaired) electrons. The number of benzene rings is 3. The van der Waals surface area contributed by atoms with E-state index in [0.29, 0.717) is 10.6 Å². The number of aryl methyl sites for hydroxylation is 1. The first kappa shape index (κ1) is 21.3. The summed E-state index contributed by atoms with van der Waals surface area (Å²) in [5, 5.41) is 5.55. The zero-order valence-electron chi connectivity index (χ0n) is 17.7. The lowest BCUT2D eigenvalue weighted by Crippen LogP contribution is -2.20. The number of hydrogen-bond acceptors (Lipinski definition) is 3. The van der Waals surface area contributed by atoms with E-state index >= 15 is 0 Å². The second-order valence-corrected chi connectivity index (χ2v) is 8.16. The van der Waals surface area contributed by atoms with E-state index in [9.17, 15) is 4.79 Å². The van der Waals surface area contributed by atoms with Crippen molar-refractivity contribution in [2.75, 3.05) is 26.0 Å². The van der Waals surface area contributed by atoms with Crippen LogP contribution in [-0.4, -0.2) is 31.7 Å². The molecule has 0 aromatic heterocycles. The van der Waals surface area contributed by atoms with Gasteiger partial charge < -0.3 is 10.2 Å².